The minimum absolute atomic E-state index is 0.0138. The van der Waals surface area contributed by atoms with E-state index < -0.39 is 15.7 Å². The van der Waals surface area contributed by atoms with Gasteiger partial charge in [0.1, 0.15) is 11.5 Å². The molecule has 1 atom stereocenters. The Labute approximate surface area is 118 Å². The number of non-ortho nitro benzene ring substituents is 1. The molecule has 7 heteroatoms. The summed E-state index contributed by atoms with van der Waals surface area (Å²) in [5, 5.41) is 13.5. The van der Waals surface area contributed by atoms with E-state index in [9.17, 15) is 14.3 Å². The summed E-state index contributed by atoms with van der Waals surface area (Å²) >= 11 is 0. The van der Waals surface area contributed by atoms with Crippen molar-refractivity contribution in [2.24, 2.45) is 0 Å². The predicted molar refractivity (Wildman–Crippen MR) is 74.7 cm³/mol. The van der Waals surface area contributed by atoms with Gasteiger partial charge in [-0.2, -0.15) is 0 Å². The second-order valence-electron chi connectivity index (χ2n) is 4.14. The third-order valence-corrected chi connectivity index (χ3v) is 4.00. The van der Waals surface area contributed by atoms with Crippen LogP contribution in [0, 0.1) is 10.1 Å². The Kier molecular flexibility index (Phi) is 4.65. The minimum atomic E-state index is -1.28. The Hall–Kier alpha value is -1.99. The van der Waals surface area contributed by atoms with E-state index in [0.717, 1.165) is 5.76 Å². The molecule has 2 rings (SSSR count). The number of benzene rings is 1. The van der Waals surface area contributed by atoms with Gasteiger partial charge in [0.15, 0.2) is 0 Å². The van der Waals surface area contributed by atoms with Crippen LogP contribution in [0.3, 0.4) is 0 Å². The number of furan rings is 1. The zero-order valence-corrected chi connectivity index (χ0v) is 11.7. The van der Waals surface area contributed by atoms with Crippen LogP contribution in [0.5, 0.6) is 0 Å². The van der Waals surface area contributed by atoms with Crippen molar-refractivity contribution in [3.63, 3.8) is 0 Å². The van der Waals surface area contributed by atoms with Crippen molar-refractivity contribution in [3.8, 4) is 0 Å². The highest BCUT2D eigenvalue weighted by Gasteiger charge is 2.11. The molecule has 0 bridgehead atoms. The van der Waals surface area contributed by atoms with Gasteiger partial charge in [-0.05, 0) is 31.3 Å². The Morgan fingerprint density at radius 2 is 1.85 bits per heavy atom. The average Bonchev–Trinajstić information content (AvgIpc) is 2.86. The highest BCUT2D eigenvalue weighted by molar-refractivity contribution is 7.84. The highest BCUT2D eigenvalue weighted by atomic mass is 32.2. The van der Waals surface area contributed by atoms with Crippen molar-refractivity contribution in [2.75, 3.05) is 7.05 Å². The molecule has 0 aliphatic carbocycles. The van der Waals surface area contributed by atoms with Crippen LogP contribution >= 0.6 is 0 Å². The molecule has 0 aliphatic rings. The lowest BCUT2D eigenvalue weighted by Crippen LogP contribution is -2.03. The molecular weight excluding hydrogens is 280 g/mol. The molecule has 0 radical (unpaired) electrons. The van der Waals surface area contributed by atoms with Crippen LogP contribution < -0.4 is 5.32 Å². The predicted octanol–water partition coefficient (Wildman–Crippen LogP) is 2.21. The summed E-state index contributed by atoms with van der Waals surface area (Å²) in [6, 6.07) is 9.33. The van der Waals surface area contributed by atoms with Crippen LogP contribution in [0.25, 0.3) is 0 Å². The Balaban J connectivity index is 2.05. The second kappa shape index (κ2) is 6.44. The highest BCUT2D eigenvalue weighted by Crippen LogP contribution is 2.18. The number of nitro groups is 1. The maximum Gasteiger partial charge on any atom is 0.269 e. The van der Waals surface area contributed by atoms with Gasteiger partial charge < -0.3 is 9.73 Å². The lowest BCUT2D eigenvalue weighted by molar-refractivity contribution is -0.384. The number of nitrogens with zero attached hydrogens (tertiary/aromatic N) is 1. The van der Waals surface area contributed by atoms with E-state index in [1.165, 1.54) is 24.3 Å². The van der Waals surface area contributed by atoms with Gasteiger partial charge in [-0.15, -0.1) is 0 Å². The number of nitro benzene ring substituents is 1. The van der Waals surface area contributed by atoms with Gasteiger partial charge in [0, 0.05) is 17.0 Å². The van der Waals surface area contributed by atoms with Crippen LogP contribution in [0.15, 0.2) is 45.7 Å². The largest absolute Gasteiger partial charge is 0.464 e. The maximum absolute atomic E-state index is 12.1. The smallest absolute Gasteiger partial charge is 0.269 e. The molecule has 0 aliphatic heterocycles. The molecule has 0 saturated heterocycles. The van der Waals surface area contributed by atoms with Crippen molar-refractivity contribution in [2.45, 2.75) is 17.2 Å². The fourth-order valence-electron chi connectivity index (χ4n) is 1.70. The molecule has 0 fully saturated rings. The van der Waals surface area contributed by atoms with E-state index >= 15 is 0 Å². The topological polar surface area (TPSA) is 85.4 Å². The molecule has 0 saturated carbocycles. The second-order valence-corrected chi connectivity index (χ2v) is 5.59. The summed E-state index contributed by atoms with van der Waals surface area (Å²) in [5.74, 6) is 1.66. The zero-order valence-electron chi connectivity index (χ0n) is 10.9. The minimum Gasteiger partial charge on any atom is -0.464 e. The number of hydrogen-bond acceptors (Lipinski definition) is 5. The number of nitrogens with one attached hydrogen (secondary N) is 1. The Morgan fingerprint density at radius 1 is 1.20 bits per heavy atom. The molecule has 1 unspecified atom stereocenters. The van der Waals surface area contributed by atoms with Crippen molar-refractivity contribution in [1.82, 2.24) is 5.32 Å². The number of hydrogen-bond donors (Lipinski definition) is 1. The van der Waals surface area contributed by atoms with Crippen LogP contribution in [-0.4, -0.2) is 16.2 Å². The summed E-state index contributed by atoms with van der Waals surface area (Å²) < 4.78 is 17.6. The van der Waals surface area contributed by atoms with Crippen molar-refractivity contribution in [3.05, 3.63) is 58.0 Å². The molecule has 2 aromatic rings. The van der Waals surface area contributed by atoms with Crippen LogP contribution in [0.4, 0.5) is 5.69 Å². The molecule has 1 aromatic heterocycles. The Bertz CT molecular complexity index is 622. The van der Waals surface area contributed by atoms with E-state index in [2.05, 4.69) is 5.32 Å². The van der Waals surface area contributed by atoms with E-state index in [-0.39, 0.29) is 11.4 Å². The molecule has 0 amide bonds. The summed E-state index contributed by atoms with van der Waals surface area (Å²) in [7, 11) is 0.533. The lowest BCUT2D eigenvalue weighted by atomic mass is 10.3. The third kappa shape index (κ3) is 3.52. The average molecular weight is 294 g/mol. The first-order chi connectivity index (χ1) is 9.60. The van der Waals surface area contributed by atoms with Crippen molar-refractivity contribution < 1.29 is 13.5 Å². The molecule has 1 aromatic carbocycles. The first-order valence-electron chi connectivity index (χ1n) is 5.95. The lowest BCUT2D eigenvalue weighted by Gasteiger charge is -2.00. The molecule has 20 heavy (non-hydrogen) atoms. The SMILES string of the molecule is CNCc1ccc(CS(=O)c2ccc([N+](=O)[O-])cc2)o1. The summed E-state index contributed by atoms with van der Waals surface area (Å²) in [5.41, 5.74) is -0.0138. The van der Waals surface area contributed by atoms with E-state index in [1.54, 1.807) is 6.07 Å². The molecule has 1 N–H and O–H groups in total. The van der Waals surface area contributed by atoms with Gasteiger partial charge >= 0.3 is 0 Å². The van der Waals surface area contributed by atoms with Crippen molar-refractivity contribution in [1.29, 1.82) is 0 Å². The molecule has 0 spiro atoms. The van der Waals surface area contributed by atoms with Gasteiger partial charge in [-0.1, -0.05) is 0 Å². The van der Waals surface area contributed by atoms with Gasteiger partial charge in [-0.3, -0.25) is 14.3 Å². The van der Waals surface area contributed by atoms with Gasteiger partial charge in [0.25, 0.3) is 5.69 Å². The van der Waals surface area contributed by atoms with Gasteiger partial charge in [0.2, 0.25) is 0 Å². The first kappa shape index (κ1) is 14.4. The zero-order chi connectivity index (χ0) is 14.5. The first-order valence-corrected chi connectivity index (χ1v) is 7.27. The monoisotopic (exact) mass is 294 g/mol. The normalized spacial score (nSPS) is 12.2. The van der Waals surface area contributed by atoms with Crippen LogP contribution in [0.1, 0.15) is 11.5 Å². The summed E-state index contributed by atoms with van der Waals surface area (Å²) in [6.45, 7) is 0.615. The quantitative estimate of drug-likeness (QED) is 0.652. The fraction of sp³-hybridized carbons (Fsp3) is 0.231. The fourth-order valence-corrected chi connectivity index (χ4v) is 2.72. The Morgan fingerprint density at radius 3 is 2.45 bits per heavy atom. The molecular formula is C13H14N2O4S. The number of rotatable bonds is 6. The molecule has 1 heterocycles. The summed E-state index contributed by atoms with van der Waals surface area (Å²) in [6.07, 6.45) is 0. The van der Waals surface area contributed by atoms with E-state index in [0.29, 0.717) is 17.2 Å². The van der Waals surface area contributed by atoms with Crippen molar-refractivity contribution >= 4 is 16.5 Å². The third-order valence-electron chi connectivity index (χ3n) is 2.65. The van der Waals surface area contributed by atoms with Crippen LogP contribution in [0.2, 0.25) is 0 Å². The van der Waals surface area contributed by atoms with Gasteiger partial charge in [-0.25, -0.2) is 0 Å². The summed E-state index contributed by atoms with van der Waals surface area (Å²) in [4.78, 5) is 10.6. The van der Waals surface area contributed by atoms with E-state index in [4.69, 9.17) is 4.42 Å². The van der Waals surface area contributed by atoms with Crippen LogP contribution in [-0.2, 0) is 23.1 Å². The maximum atomic E-state index is 12.1. The molecule has 106 valence electrons. The van der Waals surface area contributed by atoms with Gasteiger partial charge in [0.05, 0.1) is 28.0 Å². The standard InChI is InChI=1S/C13H14N2O4S/c1-14-8-11-4-5-12(19-11)9-20(18)13-6-2-10(3-7-13)15(16)17/h2-7,14H,8-9H2,1H3. The van der Waals surface area contributed by atoms with E-state index in [1.807, 2.05) is 13.1 Å². The molecule has 6 nitrogen and oxygen atoms in total.